The Morgan fingerprint density at radius 1 is 0.629 bits per heavy atom. The number of H-pyrrole nitrogens is 1. The number of carboxylic acid groups (broad SMARTS) is 1. The zero-order chi connectivity index (χ0) is 53.4. The summed E-state index contributed by atoms with van der Waals surface area (Å²) >= 11 is 0. The zero-order valence-electron chi connectivity index (χ0n) is 41.3. The lowest BCUT2D eigenvalue weighted by Crippen LogP contribution is -2.61. The highest BCUT2D eigenvalue weighted by Crippen LogP contribution is 2.13. The number of nitrogens with zero attached hydrogens (tertiary/aromatic N) is 1. The standard InChI is InChI=1S/C44H76N14O12/c1-9-24(8)36(43(68)55-29(16-31(47)59)40(65)57-35(23(6)7)44(69)70)58-41(66)30(17-32(48)60)54-42(67)34(22(4)5)56-33(61)19-50-38(63)28(15-25-18-49-20-51-25)53-39(64)27(14-21(2)3)52-37(62)26(46)12-10-11-13-45/h18,20-24,26-30,34-36H,9-17,19,45-46H2,1-8H3,(H2,47,59)(H2,48,60)(H,49,51)(H,50,63)(H,52,62)(H,53,64)(H,54,67)(H,55,68)(H,56,61)(H,57,65)(H,58,66)(H,69,70)/t24-,26-,27-,28-,29-,30-,34-,35-,36-/m0/s1. The highest BCUT2D eigenvalue weighted by molar-refractivity contribution is 5.99. The van der Waals surface area contributed by atoms with Crippen LogP contribution in [0, 0.1) is 23.7 Å². The predicted molar refractivity (Wildman–Crippen MR) is 254 cm³/mol. The van der Waals surface area contributed by atoms with E-state index in [1.807, 2.05) is 13.8 Å². The molecule has 1 heterocycles. The van der Waals surface area contributed by atoms with Crippen molar-refractivity contribution in [2.24, 2.45) is 46.6 Å². The average molecular weight is 993 g/mol. The highest BCUT2D eigenvalue weighted by Gasteiger charge is 2.37. The molecule has 9 atom stereocenters. The van der Waals surface area contributed by atoms with Gasteiger partial charge in [0, 0.05) is 18.3 Å². The number of primary amides is 2. The van der Waals surface area contributed by atoms with Crippen LogP contribution in [-0.2, 0) is 59.2 Å². The molecule has 0 aliphatic carbocycles. The molecule has 18 N–H and O–H groups in total. The summed E-state index contributed by atoms with van der Waals surface area (Å²) in [4.78, 5) is 150. The summed E-state index contributed by atoms with van der Waals surface area (Å²) in [5.74, 6) is -12.4. The number of carboxylic acids is 1. The number of rotatable bonds is 33. The lowest BCUT2D eigenvalue weighted by atomic mass is 9.96. The van der Waals surface area contributed by atoms with Gasteiger partial charge in [-0.25, -0.2) is 9.78 Å². The van der Waals surface area contributed by atoms with Gasteiger partial charge in [-0.1, -0.05) is 68.2 Å². The Hall–Kier alpha value is -6.70. The minimum absolute atomic E-state index is 0.0602. The van der Waals surface area contributed by atoms with Crippen molar-refractivity contribution in [3.63, 3.8) is 0 Å². The second kappa shape index (κ2) is 30.7. The van der Waals surface area contributed by atoms with Crippen molar-refractivity contribution in [2.45, 2.75) is 155 Å². The van der Waals surface area contributed by atoms with Crippen LogP contribution in [0.25, 0.3) is 0 Å². The van der Waals surface area contributed by atoms with Crippen molar-refractivity contribution in [3.05, 3.63) is 18.2 Å². The van der Waals surface area contributed by atoms with Gasteiger partial charge in [0.05, 0.1) is 31.8 Å². The number of carbonyl (C=O) groups excluding carboxylic acids is 10. The molecule has 0 saturated heterocycles. The molecule has 70 heavy (non-hydrogen) atoms. The van der Waals surface area contributed by atoms with Crippen LogP contribution in [0.4, 0.5) is 0 Å². The summed E-state index contributed by atoms with van der Waals surface area (Å²) < 4.78 is 0. The Kier molecular flexibility index (Phi) is 26.9. The lowest BCUT2D eigenvalue weighted by molar-refractivity contribution is -0.143. The fourth-order valence-corrected chi connectivity index (χ4v) is 6.84. The number of nitrogens with one attached hydrogen (secondary N) is 9. The van der Waals surface area contributed by atoms with Gasteiger partial charge in [-0.15, -0.1) is 0 Å². The van der Waals surface area contributed by atoms with Crippen LogP contribution in [0.2, 0.25) is 0 Å². The molecule has 26 nitrogen and oxygen atoms in total. The number of aromatic amines is 1. The minimum Gasteiger partial charge on any atom is -0.480 e. The van der Waals surface area contributed by atoms with Crippen molar-refractivity contribution in [1.29, 1.82) is 0 Å². The molecule has 10 amide bonds. The number of aromatic nitrogens is 2. The summed E-state index contributed by atoms with van der Waals surface area (Å²) in [6.45, 7) is 12.8. The molecule has 0 fully saturated rings. The summed E-state index contributed by atoms with van der Waals surface area (Å²) in [7, 11) is 0. The molecule has 1 rings (SSSR count). The van der Waals surface area contributed by atoms with Gasteiger partial charge in [0.15, 0.2) is 0 Å². The molecule has 394 valence electrons. The van der Waals surface area contributed by atoms with E-state index < -0.39 is 151 Å². The molecule has 0 aliphatic rings. The molecule has 26 heteroatoms. The SMILES string of the molecule is CC[C@H](C)[C@H](NC(=O)[C@H](CC(N)=O)NC(=O)[C@@H](NC(=O)CNC(=O)[C@H](Cc1cnc[nH]1)NC(=O)[C@H](CC(C)C)NC(=O)[C@@H](N)CCCCN)C(C)C)C(=O)N[C@@H](CC(N)=O)C(=O)N[C@H](C(=O)O)C(C)C. The smallest absolute Gasteiger partial charge is 0.326 e. The average Bonchev–Trinajstić information content (AvgIpc) is 3.79. The highest BCUT2D eigenvalue weighted by atomic mass is 16.4. The number of unbranched alkanes of at least 4 members (excludes halogenated alkanes) is 1. The molecular weight excluding hydrogens is 917 g/mol. The van der Waals surface area contributed by atoms with E-state index in [0.717, 1.165) is 0 Å². The maximum absolute atomic E-state index is 13.8. The first kappa shape index (κ1) is 61.3. The van der Waals surface area contributed by atoms with E-state index in [2.05, 4.69) is 52.5 Å². The van der Waals surface area contributed by atoms with Gasteiger partial charge in [-0.05, 0) is 49.5 Å². The number of imidazole rings is 1. The van der Waals surface area contributed by atoms with E-state index in [-0.39, 0.29) is 25.2 Å². The van der Waals surface area contributed by atoms with Crippen LogP contribution in [-0.4, -0.2) is 142 Å². The van der Waals surface area contributed by atoms with Crippen LogP contribution in [0.1, 0.15) is 106 Å². The van der Waals surface area contributed by atoms with Crippen molar-refractivity contribution in [2.75, 3.05) is 13.1 Å². The van der Waals surface area contributed by atoms with Crippen LogP contribution in [0.5, 0.6) is 0 Å². The first-order valence-electron chi connectivity index (χ1n) is 23.3. The number of nitrogens with two attached hydrogens (primary N) is 4. The van der Waals surface area contributed by atoms with Gasteiger partial charge >= 0.3 is 5.97 Å². The Morgan fingerprint density at radius 3 is 1.59 bits per heavy atom. The fraction of sp³-hybridized carbons (Fsp3) is 0.682. The molecule has 0 aromatic carbocycles. The van der Waals surface area contributed by atoms with Crippen LogP contribution < -0.4 is 65.5 Å². The maximum Gasteiger partial charge on any atom is 0.326 e. The summed E-state index contributed by atoms with van der Waals surface area (Å²) in [5.41, 5.74) is 22.8. The van der Waals surface area contributed by atoms with Gasteiger partial charge in [0.25, 0.3) is 0 Å². The Balaban J connectivity index is 3.25. The molecule has 0 spiro atoms. The predicted octanol–water partition coefficient (Wildman–Crippen LogP) is -3.84. The van der Waals surface area contributed by atoms with Gasteiger partial charge in [0.2, 0.25) is 59.1 Å². The zero-order valence-corrected chi connectivity index (χ0v) is 41.3. The Bertz CT molecular complexity index is 1950. The fourth-order valence-electron chi connectivity index (χ4n) is 6.84. The van der Waals surface area contributed by atoms with Crippen molar-refractivity contribution < 1.29 is 57.8 Å². The topological polar surface area (TPSA) is 437 Å². The summed E-state index contributed by atoms with van der Waals surface area (Å²) in [5, 5.41) is 29.3. The second-order valence-corrected chi connectivity index (χ2v) is 18.3. The molecule has 0 saturated carbocycles. The van der Waals surface area contributed by atoms with Crippen molar-refractivity contribution in [1.82, 2.24) is 52.5 Å². The number of carbonyl (C=O) groups is 11. The van der Waals surface area contributed by atoms with Gasteiger partial charge in [0.1, 0.15) is 42.3 Å². The third-order valence-corrected chi connectivity index (χ3v) is 11.0. The maximum atomic E-state index is 13.8. The third-order valence-electron chi connectivity index (χ3n) is 11.0. The van der Waals surface area contributed by atoms with Gasteiger partial charge in [-0.2, -0.15) is 0 Å². The molecular formula is C44H76N14O12. The van der Waals surface area contributed by atoms with E-state index in [0.29, 0.717) is 31.5 Å². The van der Waals surface area contributed by atoms with Gasteiger partial charge in [-0.3, -0.25) is 47.9 Å². The molecule has 1 aromatic rings. The number of amides is 10. The Labute approximate surface area is 407 Å². The normalized spacial score (nSPS) is 15.1. The molecule has 0 aliphatic heterocycles. The van der Waals surface area contributed by atoms with Crippen molar-refractivity contribution >= 4 is 65.0 Å². The van der Waals surface area contributed by atoms with Crippen LogP contribution >= 0.6 is 0 Å². The van der Waals surface area contributed by atoms with E-state index in [1.165, 1.54) is 26.4 Å². The summed E-state index contributed by atoms with van der Waals surface area (Å²) in [6, 6.07) is -10.8. The molecule has 0 radical (unpaired) electrons. The van der Waals surface area contributed by atoms with Crippen LogP contribution in [0.15, 0.2) is 12.5 Å². The number of aliphatic carboxylic acids is 1. The summed E-state index contributed by atoms with van der Waals surface area (Å²) in [6.07, 6.45) is 3.28. The molecule has 1 aromatic heterocycles. The molecule has 0 unspecified atom stereocenters. The first-order chi connectivity index (χ1) is 32.7. The lowest BCUT2D eigenvalue weighted by Gasteiger charge is -2.29. The number of hydrogen-bond donors (Lipinski definition) is 14. The molecule has 0 bridgehead atoms. The number of hydrogen-bond acceptors (Lipinski definition) is 14. The minimum atomic E-state index is -1.71. The Morgan fingerprint density at radius 2 is 1.13 bits per heavy atom. The van der Waals surface area contributed by atoms with E-state index in [4.69, 9.17) is 22.9 Å². The third kappa shape index (κ3) is 22.2. The van der Waals surface area contributed by atoms with Crippen LogP contribution in [0.3, 0.4) is 0 Å². The first-order valence-corrected chi connectivity index (χ1v) is 23.3. The van der Waals surface area contributed by atoms with E-state index in [1.54, 1.807) is 27.7 Å². The van der Waals surface area contributed by atoms with Crippen molar-refractivity contribution in [3.8, 4) is 0 Å². The van der Waals surface area contributed by atoms with E-state index in [9.17, 15) is 57.8 Å². The monoisotopic (exact) mass is 993 g/mol. The largest absolute Gasteiger partial charge is 0.480 e. The van der Waals surface area contributed by atoms with Gasteiger partial charge < -0.3 is 75.6 Å². The van der Waals surface area contributed by atoms with E-state index >= 15 is 0 Å². The second-order valence-electron chi connectivity index (χ2n) is 18.3. The quantitative estimate of drug-likeness (QED) is 0.0300.